The van der Waals surface area contributed by atoms with Crippen LogP contribution in [-0.2, 0) is 0 Å². The van der Waals surface area contributed by atoms with Gasteiger partial charge in [-0.05, 0) is 24.1 Å². The highest BCUT2D eigenvalue weighted by Gasteiger charge is 2.20. The molecule has 1 heterocycles. The van der Waals surface area contributed by atoms with Gasteiger partial charge in [-0.1, -0.05) is 36.2 Å². The van der Waals surface area contributed by atoms with Crippen molar-refractivity contribution in [2.75, 3.05) is 26.2 Å². The van der Waals surface area contributed by atoms with Crippen LogP contribution in [0.3, 0.4) is 0 Å². The van der Waals surface area contributed by atoms with Gasteiger partial charge in [-0.25, -0.2) is 0 Å². The largest absolute Gasteiger partial charge is 0.314 e. The molecule has 19 heavy (non-hydrogen) atoms. The maximum atomic E-state index is 6.09. The van der Waals surface area contributed by atoms with Crippen LogP contribution in [0.25, 0.3) is 0 Å². The summed E-state index contributed by atoms with van der Waals surface area (Å²) < 4.78 is 0. The van der Waals surface area contributed by atoms with Crippen LogP contribution in [0.5, 0.6) is 0 Å². The van der Waals surface area contributed by atoms with Crippen LogP contribution in [0.15, 0.2) is 18.2 Å². The minimum Gasteiger partial charge on any atom is -0.314 e. The van der Waals surface area contributed by atoms with Crippen LogP contribution in [0.1, 0.15) is 24.9 Å². The molecule has 0 aromatic heterocycles. The van der Waals surface area contributed by atoms with Crippen molar-refractivity contribution in [1.82, 2.24) is 10.2 Å². The number of nitrogens with one attached hydrogen (secondary N) is 1. The van der Waals surface area contributed by atoms with Gasteiger partial charge in [0.1, 0.15) is 0 Å². The summed E-state index contributed by atoms with van der Waals surface area (Å²) in [6.45, 7) is 6.54. The minimum absolute atomic E-state index is 0. The van der Waals surface area contributed by atoms with E-state index < -0.39 is 0 Å². The molecule has 0 bridgehead atoms. The first-order valence-corrected chi connectivity index (χ1v) is 6.87. The van der Waals surface area contributed by atoms with Crippen molar-refractivity contribution in [2.24, 2.45) is 0 Å². The predicted molar refractivity (Wildman–Crippen MR) is 88.4 cm³/mol. The molecular weight excluding hydrogens is 326 g/mol. The van der Waals surface area contributed by atoms with Gasteiger partial charge in [0.25, 0.3) is 0 Å². The van der Waals surface area contributed by atoms with E-state index in [4.69, 9.17) is 23.2 Å². The third-order valence-corrected chi connectivity index (χ3v) is 4.05. The molecule has 1 atom stereocenters. The third kappa shape index (κ3) is 4.96. The van der Waals surface area contributed by atoms with Gasteiger partial charge in [0.2, 0.25) is 0 Å². The molecule has 1 fully saturated rings. The smallest absolute Gasteiger partial charge is 0.0595 e. The number of hydrogen-bond donors (Lipinski definition) is 1. The average Bonchev–Trinajstić information content (AvgIpc) is 2.36. The number of hydrogen-bond acceptors (Lipinski definition) is 2. The van der Waals surface area contributed by atoms with Crippen molar-refractivity contribution in [3.63, 3.8) is 0 Å². The monoisotopic (exact) mass is 344 g/mol. The summed E-state index contributed by atoms with van der Waals surface area (Å²) in [5, 5.41) is 4.66. The van der Waals surface area contributed by atoms with E-state index in [1.165, 1.54) is 5.56 Å². The van der Waals surface area contributed by atoms with E-state index in [2.05, 4.69) is 23.2 Å². The Balaban J connectivity index is 0.00000162. The Hall–Kier alpha value is 0.300. The lowest BCUT2D eigenvalue weighted by Crippen LogP contribution is -2.45. The van der Waals surface area contributed by atoms with Gasteiger partial charge in [0, 0.05) is 32.2 Å². The maximum absolute atomic E-state index is 6.09. The van der Waals surface area contributed by atoms with Crippen LogP contribution in [0.4, 0.5) is 0 Å². The number of rotatable bonds is 3. The summed E-state index contributed by atoms with van der Waals surface area (Å²) in [6, 6.07) is 6.43. The molecule has 0 saturated carbocycles. The van der Waals surface area contributed by atoms with Gasteiger partial charge in [-0.3, -0.25) is 4.90 Å². The first-order chi connectivity index (χ1) is 8.22. The Kier molecular flexibility index (Phi) is 9.42. The standard InChI is InChI=1S/C13H18Cl2N2.2ClH/c1-2-13(17-7-5-16-6-8-17)10-3-4-11(14)12(15)9-10;;/h3-4,9,13,16H,2,5-8H2,1H3;2*1H/t13-;;/m1../s1. The fourth-order valence-corrected chi connectivity index (χ4v) is 2.72. The summed E-state index contributed by atoms with van der Waals surface area (Å²) in [4.78, 5) is 2.51. The molecule has 0 aliphatic carbocycles. The highest BCUT2D eigenvalue weighted by atomic mass is 35.5. The normalized spacial score (nSPS) is 17.2. The molecule has 0 spiro atoms. The third-order valence-electron chi connectivity index (χ3n) is 3.31. The number of halogens is 4. The summed E-state index contributed by atoms with van der Waals surface area (Å²) in [5.41, 5.74) is 1.27. The zero-order valence-corrected chi connectivity index (χ0v) is 14.0. The van der Waals surface area contributed by atoms with Crippen molar-refractivity contribution in [2.45, 2.75) is 19.4 Å². The molecule has 1 aliphatic heterocycles. The topological polar surface area (TPSA) is 15.3 Å². The van der Waals surface area contributed by atoms with Crippen LogP contribution >= 0.6 is 48.0 Å². The Morgan fingerprint density at radius 2 is 1.79 bits per heavy atom. The Labute approximate surface area is 137 Å². The van der Waals surface area contributed by atoms with E-state index in [9.17, 15) is 0 Å². The number of piperazine rings is 1. The predicted octanol–water partition coefficient (Wildman–Crippen LogP) is 4.19. The van der Waals surface area contributed by atoms with Gasteiger partial charge < -0.3 is 5.32 Å². The lowest BCUT2D eigenvalue weighted by atomic mass is 10.0. The number of nitrogens with zero attached hydrogens (tertiary/aromatic N) is 1. The Bertz CT molecular complexity index is 381. The van der Waals surface area contributed by atoms with Crippen molar-refractivity contribution >= 4 is 48.0 Å². The van der Waals surface area contributed by atoms with Gasteiger partial charge >= 0.3 is 0 Å². The summed E-state index contributed by atoms with van der Waals surface area (Å²) >= 11 is 12.0. The highest BCUT2D eigenvalue weighted by molar-refractivity contribution is 6.42. The highest BCUT2D eigenvalue weighted by Crippen LogP contribution is 2.30. The van der Waals surface area contributed by atoms with E-state index in [0.717, 1.165) is 32.6 Å². The zero-order chi connectivity index (χ0) is 12.3. The van der Waals surface area contributed by atoms with Gasteiger partial charge in [-0.2, -0.15) is 0 Å². The van der Waals surface area contributed by atoms with Crippen molar-refractivity contribution in [1.29, 1.82) is 0 Å². The van der Waals surface area contributed by atoms with Crippen molar-refractivity contribution in [3.05, 3.63) is 33.8 Å². The molecule has 0 radical (unpaired) electrons. The molecule has 2 rings (SSSR count). The van der Waals surface area contributed by atoms with E-state index in [0.29, 0.717) is 16.1 Å². The number of benzene rings is 1. The average molecular weight is 346 g/mol. The molecule has 1 aliphatic rings. The molecule has 2 nitrogen and oxygen atoms in total. The fraction of sp³-hybridized carbons (Fsp3) is 0.538. The molecule has 1 saturated heterocycles. The van der Waals surface area contributed by atoms with Gasteiger partial charge in [-0.15, -0.1) is 24.8 Å². The molecule has 6 heteroatoms. The van der Waals surface area contributed by atoms with Crippen LogP contribution in [0.2, 0.25) is 10.0 Å². The van der Waals surface area contributed by atoms with E-state index in [-0.39, 0.29) is 24.8 Å². The maximum Gasteiger partial charge on any atom is 0.0595 e. The minimum atomic E-state index is 0. The second-order valence-electron chi connectivity index (χ2n) is 4.38. The van der Waals surface area contributed by atoms with Crippen LogP contribution in [-0.4, -0.2) is 31.1 Å². The van der Waals surface area contributed by atoms with Crippen molar-refractivity contribution < 1.29 is 0 Å². The second-order valence-corrected chi connectivity index (χ2v) is 5.20. The Morgan fingerprint density at radius 3 is 2.32 bits per heavy atom. The first-order valence-electron chi connectivity index (χ1n) is 6.12. The summed E-state index contributed by atoms with van der Waals surface area (Å²) in [5.74, 6) is 0. The summed E-state index contributed by atoms with van der Waals surface area (Å²) in [6.07, 6.45) is 1.10. The van der Waals surface area contributed by atoms with E-state index in [1.54, 1.807) is 0 Å². The lowest BCUT2D eigenvalue weighted by Gasteiger charge is -2.34. The molecule has 1 aromatic carbocycles. The van der Waals surface area contributed by atoms with Crippen molar-refractivity contribution in [3.8, 4) is 0 Å². The van der Waals surface area contributed by atoms with Crippen LogP contribution in [0, 0.1) is 0 Å². The Morgan fingerprint density at radius 1 is 1.16 bits per heavy atom. The molecule has 110 valence electrons. The quantitative estimate of drug-likeness (QED) is 0.883. The molecule has 0 amide bonds. The second kappa shape index (κ2) is 9.28. The zero-order valence-electron chi connectivity index (χ0n) is 10.9. The van der Waals surface area contributed by atoms with Gasteiger partial charge in [0.15, 0.2) is 0 Å². The SMILES string of the molecule is CC[C@H](c1ccc(Cl)c(Cl)c1)N1CCNCC1.Cl.Cl. The molecule has 1 aromatic rings. The van der Waals surface area contributed by atoms with Gasteiger partial charge in [0.05, 0.1) is 10.0 Å². The van der Waals surface area contributed by atoms with E-state index in [1.807, 2.05) is 12.1 Å². The van der Waals surface area contributed by atoms with Crippen LogP contribution < -0.4 is 5.32 Å². The first kappa shape index (κ1) is 19.3. The fourth-order valence-electron chi connectivity index (χ4n) is 2.42. The lowest BCUT2D eigenvalue weighted by molar-refractivity contribution is 0.169. The molecular formula is C13H20Cl4N2. The molecule has 0 unspecified atom stereocenters. The summed E-state index contributed by atoms with van der Waals surface area (Å²) in [7, 11) is 0. The molecule has 1 N–H and O–H groups in total. The van der Waals surface area contributed by atoms with E-state index >= 15 is 0 Å².